The number of hydrogen-bond acceptors (Lipinski definition) is 6. The van der Waals surface area contributed by atoms with Crippen molar-refractivity contribution in [3.63, 3.8) is 0 Å². The van der Waals surface area contributed by atoms with E-state index in [0.29, 0.717) is 13.1 Å². The molecule has 0 aliphatic rings. The summed E-state index contributed by atoms with van der Waals surface area (Å²) >= 11 is 0. The molecular formula is C12H19NO6. The predicted octanol–water partition coefficient (Wildman–Crippen LogP) is -0.512. The number of nitrogens with zero attached hydrogens (tertiary/aromatic N) is 1. The van der Waals surface area contributed by atoms with Crippen LogP contribution in [0.4, 0.5) is 0 Å². The number of carbonyl (C=O) groups excluding carboxylic acids is 3. The zero-order chi connectivity index (χ0) is 14.8. The van der Waals surface area contributed by atoms with Gasteiger partial charge in [-0.05, 0) is 13.8 Å². The zero-order valence-electron chi connectivity index (χ0n) is 11.3. The van der Waals surface area contributed by atoms with Gasteiger partial charge >= 0.3 is 11.9 Å². The highest BCUT2D eigenvalue weighted by molar-refractivity contribution is 5.91. The fourth-order valence-corrected chi connectivity index (χ4v) is 1.23. The van der Waals surface area contributed by atoms with Gasteiger partial charge in [-0.1, -0.05) is 0 Å². The molecule has 0 aromatic carbocycles. The van der Waals surface area contributed by atoms with E-state index in [1.165, 1.54) is 12.0 Å². The molecule has 0 heterocycles. The van der Waals surface area contributed by atoms with Crippen molar-refractivity contribution in [1.82, 2.24) is 4.90 Å². The van der Waals surface area contributed by atoms with E-state index in [2.05, 4.69) is 9.47 Å². The van der Waals surface area contributed by atoms with Crippen LogP contribution in [0.5, 0.6) is 0 Å². The van der Waals surface area contributed by atoms with E-state index >= 15 is 0 Å². The van der Waals surface area contributed by atoms with Crippen molar-refractivity contribution in [3.05, 3.63) is 12.2 Å². The fraction of sp³-hybridized carbons (Fsp3) is 0.583. The molecule has 0 aliphatic carbocycles. The summed E-state index contributed by atoms with van der Waals surface area (Å²) in [5, 5.41) is 9.54. The van der Waals surface area contributed by atoms with Gasteiger partial charge in [-0.25, -0.2) is 9.59 Å². The molecule has 0 aliphatic heterocycles. The van der Waals surface area contributed by atoms with E-state index in [4.69, 9.17) is 0 Å². The van der Waals surface area contributed by atoms with Gasteiger partial charge < -0.3 is 19.5 Å². The Kier molecular flexibility index (Phi) is 8.19. The second-order valence-corrected chi connectivity index (χ2v) is 3.51. The Morgan fingerprint density at radius 1 is 1.16 bits per heavy atom. The van der Waals surface area contributed by atoms with Crippen LogP contribution in [0.1, 0.15) is 13.8 Å². The van der Waals surface area contributed by atoms with Gasteiger partial charge in [0.15, 0.2) is 6.10 Å². The molecule has 0 aromatic rings. The second kappa shape index (κ2) is 9.09. The lowest BCUT2D eigenvalue weighted by molar-refractivity contribution is -0.149. The predicted molar refractivity (Wildman–Crippen MR) is 66.0 cm³/mol. The SMILES string of the molecule is CCN(CC)C(=O)C(O)COC(=O)/C=C/C(=O)OC. The monoisotopic (exact) mass is 273 g/mol. The van der Waals surface area contributed by atoms with E-state index in [9.17, 15) is 19.5 Å². The van der Waals surface area contributed by atoms with E-state index in [1.54, 1.807) is 13.8 Å². The van der Waals surface area contributed by atoms with Crippen LogP contribution in [-0.4, -0.2) is 60.8 Å². The van der Waals surface area contributed by atoms with Gasteiger partial charge in [0.25, 0.3) is 5.91 Å². The molecule has 0 radical (unpaired) electrons. The zero-order valence-corrected chi connectivity index (χ0v) is 11.3. The highest BCUT2D eigenvalue weighted by Crippen LogP contribution is 1.97. The minimum Gasteiger partial charge on any atom is -0.466 e. The molecule has 0 aromatic heterocycles. The van der Waals surface area contributed by atoms with Gasteiger partial charge in [-0.3, -0.25) is 4.79 Å². The van der Waals surface area contributed by atoms with Crippen molar-refractivity contribution < 1.29 is 29.0 Å². The summed E-state index contributed by atoms with van der Waals surface area (Å²) in [6, 6.07) is 0. The average Bonchev–Trinajstić information content (AvgIpc) is 2.42. The van der Waals surface area contributed by atoms with Crippen LogP contribution in [0.2, 0.25) is 0 Å². The summed E-state index contributed by atoms with van der Waals surface area (Å²) in [5.41, 5.74) is 0. The first-order chi connectivity index (χ1) is 8.96. The quantitative estimate of drug-likeness (QED) is 0.496. The molecule has 0 rings (SSSR count). The molecule has 0 saturated heterocycles. The minimum atomic E-state index is -1.41. The molecule has 0 fully saturated rings. The van der Waals surface area contributed by atoms with E-state index < -0.39 is 30.6 Å². The summed E-state index contributed by atoms with van der Waals surface area (Å²) in [5.74, 6) is -2.04. The molecule has 1 atom stereocenters. The lowest BCUT2D eigenvalue weighted by atomic mass is 10.3. The first-order valence-electron chi connectivity index (χ1n) is 5.85. The van der Waals surface area contributed by atoms with Crippen molar-refractivity contribution >= 4 is 17.8 Å². The number of carbonyl (C=O) groups is 3. The lowest BCUT2D eigenvalue weighted by Gasteiger charge is -2.21. The average molecular weight is 273 g/mol. The third kappa shape index (κ3) is 6.56. The molecule has 1 unspecified atom stereocenters. The Morgan fingerprint density at radius 2 is 1.68 bits per heavy atom. The van der Waals surface area contributed by atoms with Gasteiger partial charge in [-0.2, -0.15) is 0 Å². The standard InChI is InChI=1S/C12H19NO6/c1-4-13(5-2)12(17)9(14)8-19-11(16)7-6-10(15)18-3/h6-7,9,14H,4-5,8H2,1-3H3/b7-6+. The van der Waals surface area contributed by atoms with Crippen molar-refractivity contribution in [2.24, 2.45) is 0 Å². The normalized spacial score (nSPS) is 12.0. The Bertz CT molecular complexity index is 348. The van der Waals surface area contributed by atoms with E-state index in [-0.39, 0.29) is 0 Å². The maximum Gasteiger partial charge on any atom is 0.331 e. The molecule has 7 nitrogen and oxygen atoms in total. The summed E-state index contributed by atoms with van der Waals surface area (Å²) in [6.07, 6.45) is 0.344. The van der Waals surface area contributed by atoms with Crippen LogP contribution in [0.25, 0.3) is 0 Å². The molecule has 0 saturated carbocycles. The smallest absolute Gasteiger partial charge is 0.331 e. The van der Waals surface area contributed by atoms with Gasteiger partial charge in [0.05, 0.1) is 7.11 Å². The summed E-state index contributed by atoms with van der Waals surface area (Å²) in [4.78, 5) is 34.9. The third-order valence-corrected chi connectivity index (χ3v) is 2.30. The molecule has 108 valence electrons. The summed E-state index contributed by atoms with van der Waals surface area (Å²) in [6.45, 7) is 4.02. The highest BCUT2D eigenvalue weighted by Gasteiger charge is 2.21. The van der Waals surface area contributed by atoms with Gasteiger partial charge in [0.2, 0.25) is 0 Å². The van der Waals surface area contributed by atoms with Crippen molar-refractivity contribution in [2.45, 2.75) is 20.0 Å². The van der Waals surface area contributed by atoms with Crippen LogP contribution >= 0.6 is 0 Å². The van der Waals surface area contributed by atoms with Gasteiger partial charge in [0.1, 0.15) is 6.61 Å². The lowest BCUT2D eigenvalue weighted by Crippen LogP contribution is -2.41. The number of amides is 1. The van der Waals surface area contributed by atoms with Gasteiger partial charge in [-0.15, -0.1) is 0 Å². The first-order valence-corrected chi connectivity index (χ1v) is 5.85. The number of ether oxygens (including phenoxy) is 2. The molecule has 19 heavy (non-hydrogen) atoms. The van der Waals surface area contributed by atoms with Crippen molar-refractivity contribution in [2.75, 3.05) is 26.8 Å². The number of aliphatic hydroxyl groups excluding tert-OH is 1. The van der Waals surface area contributed by atoms with Crippen LogP contribution < -0.4 is 0 Å². The maximum atomic E-state index is 11.6. The first kappa shape index (κ1) is 17.1. The van der Waals surface area contributed by atoms with Crippen molar-refractivity contribution in [1.29, 1.82) is 0 Å². The summed E-state index contributed by atoms with van der Waals surface area (Å²) < 4.78 is 8.91. The maximum absolute atomic E-state index is 11.6. The van der Waals surface area contributed by atoms with Crippen LogP contribution in [-0.2, 0) is 23.9 Å². The number of aliphatic hydroxyl groups is 1. The number of esters is 2. The fourth-order valence-electron chi connectivity index (χ4n) is 1.23. The number of likely N-dealkylation sites (N-methyl/N-ethyl adjacent to an activating group) is 1. The highest BCUT2D eigenvalue weighted by atomic mass is 16.5. The molecule has 0 spiro atoms. The van der Waals surface area contributed by atoms with Crippen LogP contribution in [0.3, 0.4) is 0 Å². The minimum absolute atomic E-state index is 0.459. The Labute approximate surface area is 111 Å². The number of rotatable bonds is 7. The largest absolute Gasteiger partial charge is 0.466 e. The second-order valence-electron chi connectivity index (χ2n) is 3.51. The van der Waals surface area contributed by atoms with E-state index in [1.807, 2.05) is 0 Å². The topological polar surface area (TPSA) is 93.1 Å². The molecular weight excluding hydrogens is 254 g/mol. The van der Waals surface area contributed by atoms with E-state index in [0.717, 1.165) is 12.2 Å². The molecule has 0 bridgehead atoms. The molecule has 7 heteroatoms. The summed E-state index contributed by atoms with van der Waals surface area (Å²) in [7, 11) is 1.17. The number of methoxy groups -OCH3 is 1. The Hall–Kier alpha value is -1.89. The van der Waals surface area contributed by atoms with Crippen LogP contribution in [0.15, 0.2) is 12.2 Å². The number of hydrogen-bond donors (Lipinski definition) is 1. The van der Waals surface area contributed by atoms with Crippen molar-refractivity contribution in [3.8, 4) is 0 Å². The molecule has 1 amide bonds. The van der Waals surface area contributed by atoms with Crippen LogP contribution in [0, 0.1) is 0 Å². The third-order valence-electron chi connectivity index (χ3n) is 2.30. The van der Waals surface area contributed by atoms with Gasteiger partial charge in [0, 0.05) is 25.2 Å². The molecule has 1 N–H and O–H groups in total. The Morgan fingerprint density at radius 3 is 2.16 bits per heavy atom. The Balaban J connectivity index is 4.19.